The molecule has 0 aromatic heterocycles. The number of amides is 2. The van der Waals surface area contributed by atoms with Crippen LogP contribution < -0.4 is 4.74 Å². The molecule has 1 fully saturated rings. The summed E-state index contributed by atoms with van der Waals surface area (Å²) in [5, 5.41) is 2.26. The summed E-state index contributed by atoms with van der Waals surface area (Å²) in [6.07, 6.45) is 1.22. The fraction of sp³-hybridized carbons (Fsp3) is 0.333. The van der Waals surface area contributed by atoms with Gasteiger partial charge in [-0.05, 0) is 41.3 Å². The number of aryl methyl sites for hydroxylation is 1. The van der Waals surface area contributed by atoms with Gasteiger partial charge >= 0.3 is 6.09 Å². The minimum Gasteiger partial charge on any atom is -0.497 e. The molecule has 0 spiro atoms. The molecule has 5 nitrogen and oxygen atoms in total. The Morgan fingerprint density at radius 1 is 1.29 bits per heavy atom. The number of rotatable bonds is 5. The van der Waals surface area contributed by atoms with Crippen molar-refractivity contribution >= 4 is 38.7 Å². The second kappa shape index (κ2) is 7.21. The molecule has 0 saturated carbocycles. The molecule has 24 heavy (non-hydrogen) atoms. The number of halogens is 1. The molecule has 1 atom stereocenters. The van der Waals surface area contributed by atoms with Gasteiger partial charge in [0.05, 0.1) is 7.11 Å². The number of nitrogens with zero attached hydrogens (tertiary/aromatic N) is 1. The molecule has 2 aromatic rings. The molecule has 1 saturated heterocycles. The van der Waals surface area contributed by atoms with E-state index in [-0.39, 0.29) is 17.5 Å². The minimum atomic E-state index is -0.568. The Balaban J connectivity index is 1.59. The highest BCUT2D eigenvalue weighted by Gasteiger charge is 2.35. The second-order valence-corrected chi connectivity index (χ2v) is 6.73. The van der Waals surface area contributed by atoms with Crippen molar-refractivity contribution in [2.24, 2.45) is 0 Å². The lowest BCUT2D eigenvalue weighted by Gasteiger charge is -2.14. The molecule has 0 bridgehead atoms. The van der Waals surface area contributed by atoms with Crippen LogP contribution in [0.1, 0.15) is 18.4 Å². The Kier molecular flexibility index (Phi) is 5.04. The van der Waals surface area contributed by atoms with Crippen LogP contribution >= 0.6 is 15.9 Å². The molecule has 1 heterocycles. The van der Waals surface area contributed by atoms with Crippen molar-refractivity contribution in [3.8, 4) is 5.75 Å². The van der Waals surface area contributed by atoms with Gasteiger partial charge in [-0.25, -0.2) is 9.69 Å². The van der Waals surface area contributed by atoms with E-state index in [9.17, 15) is 9.59 Å². The van der Waals surface area contributed by atoms with Crippen molar-refractivity contribution < 1.29 is 19.1 Å². The average molecular weight is 392 g/mol. The van der Waals surface area contributed by atoms with E-state index in [1.54, 1.807) is 7.11 Å². The minimum absolute atomic E-state index is 0.204. The highest BCUT2D eigenvalue weighted by molar-refractivity contribution is 9.09. The van der Waals surface area contributed by atoms with E-state index >= 15 is 0 Å². The molecule has 0 radical (unpaired) electrons. The third kappa shape index (κ3) is 3.53. The summed E-state index contributed by atoms with van der Waals surface area (Å²) < 4.78 is 10.1. The molecule has 126 valence electrons. The fourth-order valence-corrected chi connectivity index (χ4v) is 3.30. The summed E-state index contributed by atoms with van der Waals surface area (Å²) in [5.74, 6) is 0.632. The van der Waals surface area contributed by atoms with Gasteiger partial charge in [0.15, 0.2) is 0 Å². The molecule has 2 amide bonds. The zero-order valence-corrected chi connectivity index (χ0v) is 14.9. The fourth-order valence-electron chi connectivity index (χ4n) is 2.78. The molecular formula is C18H18BrNO4. The van der Waals surface area contributed by atoms with Gasteiger partial charge in [-0.3, -0.25) is 4.79 Å². The molecule has 0 N–H and O–H groups in total. The van der Waals surface area contributed by atoms with Gasteiger partial charge < -0.3 is 9.47 Å². The number of alkyl halides is 1. The maximum atomic E-state index is 12.1. The number of methoxy groups -OCH3 is 1. The number of carbonyl (C=O) groups excluding carboxylic acids is 2. The Hall–Kier alpha value is -2.08. The normalized spacial score (nSPS) is 17.2. The summed E-state index contributed by atoms with van der Waals surface area (Å²) in [7, 11) is 1.65. The molecular weight excluding hydrogens is 374 g/mol. The predicted octanol–water partition coefficient (Wildman–Crippen LogP) is 3.87. The Labute approximate surface area is 148 Å². The van der Waals surface area contributed by atoms with Gasteiger partial charge in [0.2, 0.25) is 5.91 Å². The second-order valence-electron chi connectivity index (χ2n) is 5.68. The highest BCUT2D eigenvalue weighted by Crippen LogP contribution is 2.23. The van der Waals surface area contributed by atoms with E-state index < -0.39 is 6.09 Å². The SMILES string of the molecule is COc1ccc2cc(CCCC(=O)N3C(=O)OC[C@@H]3Br)ccc2c1. The summed E-state index contributed by atoms with van der Waals surface area (Å²) in [4.78, 5) is 24.4. The molecule has 3 rings (SSSR count). The van der Waals surface area contributed by atoms with E-state index in [4.69, 9.17) is 9.47 Å². The van der Waals surface area contributed by atoms with Crippen molar-refractivity contribution in [1.82, 2.24) is 4.90 Å². The first-order valence-electron chi connectivity index (χ1n) is 7.78. The van der Waals surface area contributed by atoms with Gasteiger partial charge in [-0.2, -0.15) is 0 Å². The first kappa shape index (κ1) is 16.8. The van der Waals surface area contributed by atoms with Gasteiger partial charge in [0.25, 0.3) is 0 Å². The number of imide groups is 1. The van der Waals surface area contributed by atoms with Gasteiger partial charge in [0, 0.05) is 6.42 Å². The largest absolute Gasteiger partial charge is 0.497 e. The third-order valence-electron chi connectivity index (χ3n) is 4.06. The van der Waals surface area contributed by atoms with Crippen LogP contribution in [0, 0.1) is 0 Å². The monoisotopic (exact) mass is 391 g/mol. The topological polar surface area (TPSA) is 55.8 Å². The van der Waals surface area contributed by atoms with E-state index in [1.165, 1.54) is 5.56 Å². The van der Waals surface area contributed by atoms with Crippen LogP contribution in [0.5, 0.6) is 5.75 Å². The van der Waals surface area contributed by atoms with E-state index in [2.05, 4.69) is 34.1 Å². The lowest BCUT2D eigenvalue weighted by molar-refractivity contribution is -0.128. The maximum absolute atomic E-state index is 12.1. The van der Waals surface area contributed by atoms with Crippen molar-refractivity contribution in [1.29, 1.82) is 0 Å². The third-order valence-corrected chi connectivity index (χ3v) is 4.73. The van der Waals surface area contributed by atoms with Crippen LogP contribution in [-0.2, 0) is 16.0 Å². The Morgan fingerprint density at radius 2 is 2.04 bits per heavy atom. The zero-order valence-electron chi connectivity index (χ0n) is 13.3. The molecule has 1 aliphatic heterocycles. The summed E-state index contributed by atoms with van der Waals surface area (Å²) >= 11 is 3.27. The van der Waals surface area contributed by atoms with Gasteiger partial charge in [-0.15, -0.1) is 0 Å². The molecule has 0 unspecified atom stereocenters. The summed E-state index contributed by atoms with van der Waals surface area (Å²) in [6.45, 7) is 0.207. The number of hydrogen-bond donors (Lipinski definition) is 0. The van der Waals surface area contributed by atoms with E-state index in [0.717, 1.165) is 27.8 Å². The molecule has 6 heteroatoms. The van der Waals surface area contributed by atoms with Crippen molar-refractivity contribution in [2.45, 2.75) is 24.2 Å². The molecule has 0 aliphatic carbocycles. The number of cyclic esters (lactones) is 1. The van der Waals surface area contributed by atoms with Crippen LogP contribution in [-0.4, -0.2) is 35.6 Å². The average Bonchev–Trinajstić information content (AvgIpc) is 2.93. The quantitative estimate of drug-likeness (QED) is 0.573. The van der Waals surface area contributed by atoms with E-state index in [0.29, 0.717) is 12.8 Å². The number of benzene rings is 2. The number of carbonyl (C=O) groups is 2. The van der Waals surface area contributed by atoms with Crippen molar-refractivity contribution in [3.05, 3.63) is 42.0 Å². The highest BCUT2D eigenvalue weighted by atomic mass is 79.9. The van der Waals surface area contributed by atoms with Crippen molar-refractivity contribution in [3.63, 3.8) is 0 Å². The van der Waals surface area contributed by atoms with Gasteiger partial charge in [-0.1, -0.05) is 40.2 Å². The first-order chi connectivity index (χ1) is 11.6. The number of ether oxygens (including phenoxy) is 2. The summed E-state index contributed by atoms with van der Waals surface area (Å²) in [5.41, 5.74) is 1.17. The van der Waals surface area contributed by atoms with Crippen LogP contribution in [0.4, 0.5) is 4.79 Å². The van der Waals surface area contributed by atoms with Crippen molar-refractivity contribution in [2.75, 3.05) is 13.7 Å². The van der Waals surface area contributed by atoms with Crippen LogP contribution in [0.2, 0.25) is 0 Å². The smallest absolute Gasteiger partial charge is 0.417 e. The van der Waals surface area contributed by atoms with Crippen LogP contribution in [0.25, 0.3) is 10.8 Å². The van der Waals surface area contributed by atoms with Crippen LogP contribution in [0.3, 0.4) is 0 Å². The predicted molar refractivity (Wildman–Crippen MR) is 94.3 cm³/mol. The zero-order chi connectivity index (χ0) is 17.1. The maximum Gasteiger partial charge on any atom is 0.417 e. The Morgan fingerprint density at radius 3 is 2.75 bits per heavy atom. The van der Waals surface area contributed by atoms with Crippen LogP contribution in [0.15, 0.2) is 36.4 Å². The first-order valence-corrected chi connectivity index (χ1v) is 8.69. The Bertz CT molecular complexity index is 777. The standard InChI is InChI=1S/C18H18BrNO4/c1-23-15-8-7-13-9-12(5-6-14(13)10-15)3-2-4-17(21)20-16(19)11-24-18(20)22/h5-10,16H,2-4,11H2,1H3/t16-/m1/s1. The number of fused-ring (bicyclic) bond motifs is 1. The molecule has 1 aliphatic rings. The molecule has 2 aromatic carbocycles. The lowest BCUT2D eigenvalue weighted by atomic mass is 10.0. The summed E-state index contributed by atoms with van der Waals surface area (Å²) in [6, 6.07) is 12.2. The lowest BCUT2D eigenvalue weighted by Crippen LogP contribution is -2.35. The van der Waals surface area contributed by atoms with Gasteiger partial charge in [0.1, 0.15) is 17.3 Å². The number of hydrogen-bond acceptors (Lipinski definition) is 4. The van der Waals surface area contributed by atoms with E-state index in [1.807, 2.05) is 18.2 Å².